The lowest BCUT2D eigenvalue weighted by molar-refractivity contribution is 0.0614. The molecular weight excluding hydrogens is 114 g/mol. The summed E-state index contributed by atoms with van der Waals surface area (Å²) in [6.45, 7) is 0. The van der Waals surface area contributed by atoms with Crippen molar-refractivity contribution in [3.8, 4) is 12.3 Å². The lowest BCUT2D eigenvalue weighted by Crippen LogP contribution is -2.20. The van der Waals surface area contributed by atoms with Gasteiger partial charge in [-0.2, -0.15) is 19.0 Å². The highest BCUT2D eigenvalue weighted by molar-refractivity contribution is 5.09. The highest BCUT2D eigenvalue weighted by atomic mass is 19.3. The largest absolute Gasteiger partial charge is 0.353 e. The molecule has 42 valence electrons. The molecule has 0 aromatic carbocycles. The van der Waals surface area contributed by atoms with Gasteiger partial charge in [-0.05, 0) is 5.92 Å². The summed E-state index contributed by atoms with van der Waals surface area (Å²) in [4.78, 5) is 0. The normalized spacial score (nSPS) is 18.1. The Bertz CT molecular complexity index is 161. The van der Waals surface area contributed by atoms with Crippen LogP contribution in [0.1, 0.15) is 0 Å². The van der Waals surface area contributed by atoms with Crippen LogP contribution in [0.15, 0.2) is 10.2 Å². The molecule has 0 atom stereocenters. The van der Waals surface area contributed by atoms with Crippen LogP contribution >= 0.6 is 0 Å². The van der Waals surface area contributed by atoms with E-state index < -0.39 is 12.1 Å². The zero-order chi connectivity index (χ0) is 6.20. The van der Waals surface area contributed by atoms with Crippen molar-refractivity contribution in [3.63, 3.8) is 0 Å². The number of hydrogen-bond acceptors (Lipinski definition) is 2. The molecule has 1 rings (SSSR count). The molecular formula is C4H2F2N2. The first-order valence-electron chi connectivity index (χ1n) is 1.92. The number of terminal acetylenes is 1. The van der Waals surface area contributed by atoms with Crippen LogP contribution in [-0.2, 0) is 0 Å². The minimum atomic E-state index is -3.15. The molecule has 0 fully saturated rings. The fourth-order valence-corrected chi connectivity index (χ4v) is 0.253. The highest BCUT2D eigenvalue weighted by Gasteiger charge is 2.44. The molecule has 0 unspecified atom stereocenters. The molecule has 0 aromatic heterocycles. The van der Waals surface area contributed by atoms with Crippen LogP contribution in [0.2, 0.25) is 0 Å². The van der Waals surface area contributed by atoms with Crippen molar-refractivity contribution in [2.45, 2.75) is 12.1 Å². The van der Waals surface area contributed by atoms with Gasteiger partial charge in [-0.1, -0.05) is 0 Å². The van der Waals surface area contributed by atoms with Gasteiger partial charge in [0, 0.05) is 0 Å². The van der Waals surface area contributed by atoms with Gasteiger partial charge in [0.05, 0.1) is 0 Å². The summed E-state index contributed by atoms with van der Waals surface area (Å²) in [5.74, 6) is -1.87. The maximum Gasteiger partial charge on any atom is 0.353 e. The molecule has 2 nitrogen and oxygen atoms in total. The average molecular weight is 116 g/mol. The minimum Gasteiger partial charge on any atom is -0.187 e. The van der Waals surface area contributed by atoms with Gasteiger partial charge >= 0.3 is 5.92 Å². The van der Waals surface area contributed by atoms with Gasteiger partial charge < -0.3 is 0 Å². The number of rotatable bonds is 1. The Morgan fingerprint density at radius 3 is 2.12 bits per heavy atom. The summed E-state index contributed by atoms with van der Waals surface area (Å²) in [6.07, 6.45) is 3.17. The van der Waals surface area contributed by atoms with Crippen LogP contribution in [0.5, 0.6) is 0 Å². The molecule has 0 radical (unpaired) electrons. The fraction of sp³-hybridized carbons (Fsp3) is 0.500. The van der Waals surface area contributed by atoms with Crippen LogP contribution < -0.4 is 0 Å². The Labute approximate surface area is 44.6 Å². The van der Waals surface area contributed by atoms with Crippen LogP contribution in [0.4, 0.5) is 8.78 Å². The standard InChI is InChI=1S/C4H2F2N2/c1-2-4(5,6)3-7-8-3/h1,3H. The number of nitrogens with zero attached hydrogens (tertiary/aromatic N) is 2. The molecule has 0 bridgehead atoms. The maximum absolute atomic E-state index is 11.9. The van der Waals surface area contributed by atoms with E-state index in [1.165, 1.54) is 5.92 Å². The molecule has 0 saturated heterocycles. The van der Waals surface area contributed by atoms with E-state index in [0.717, 1.165) is 0 Å². The average Bonchev–Trinajstić information content (AvgIpc) is 2.44. The molecule has 0 amide bonds. The summed E-state index contributed by atoms with van der Waals surface area (Å²) in [6, 6.07) is 0. The van der Waals surface area contributed by atoms with E-state index in [1.54, 1.807) is 0 Å². The first kappa shape index (κ1) is 5.16. The monoisotopic (exact) mass is 116 g/mol. The van der Waals surface area contributed by atoms with Crippen molar-refractivity contribution in [3.05, 3.63) is 0 Å². The van der Waals surface area contributed by atoms with Crippen LogP contribution in [-0.4, -0.2) is 12.1 Å². The third-order valence-corrected chi connectivity index (χ3v) is 0.748. The summed E-state index contributed by atoms with van der Waals surface area (Å²) < 4.78 is 23.8. The molecule has 1 aliphatic rings. The van der Waals surface area contributed by atoms with E-state index in [0.29, 0.717) is 0 Å². The Balaban J connectivity index is 2.55. The number of alkyl halides is 2. The molecule has 1 heterocycles. The molecule has 4 heteroatoms. The number of hydrogen-bond donors (Lipinski definition) is 0. The van der Waals surface area contributed by atoms with Crippen molar-refractivity contribution in [1.82, 2.24) is 0 Å². The maximum atomic E-state index is 11.9. The van der Waals surface area contributed by atoms with Gasteiger partial charge in [-0.3, -0.25) is 0 Å². The van der Waals surface area contributed by atoms with E-state index in [-0.39, 0.29) is 0 Å². The quantitative estimate of drug-likeness (QED) is 0.457. The lowest BCUT2D eigenvalue weighted by atomic mass is 10.3. The summed E-state index contributed by atoms with van der Waals surface area (Å²) >= 11 is 0. The van der Waals surface area contributed by atoms with Gasteiger partial charge in [0.25, 0.3) is 6.17 Å². The van der Waals surface area contributed by atoms with Gasteiger partial charge in [-0.25, -0.2) is 0 Å². The van der Waals surface area contributed by atoms with Gasteiger partial charge in [0.2, 0.25) is 0 Å². The van der Waals surface area contributed by atoms with E-state index in [4.69, 9.17) is 0 Å². The second kappa shape index (κ2) is 1.25. The number of halogens is 2. The van der Waals surface area contributed by atoms with Crippen molar-refractivity contribution in [2.75, 3.05) is 0 Å². The van der Waals surface area contributed by atoms with E-state index in [9.17, 15) is 8.78 Å². The summed E-state index contributed by atoms with van der Waals surface area (Å²) in [5, 5.41) is 5.95. The Morgan fingerprint density at radius 2 is 2.00 bits per heavy atom. The Morgan fingerprint density at radius 1 is 1.50 bits per heavy atom. The molecule has 1 aliphatic heterocycles. The summed E-state index contributed by atoms with van der Waals surface area (Å²) in [7, 11) is 0. The Hall–Kier alpha value is -0.980. The van der Waals surface area contributed by atoms with Crippen molar-refractivity contribution in [2.24, 2.45) is 10.2 Å². The molecule has 0 saturated carbocycles. The molecule has 0 spiro atoms. The lowest BCUT2D eigenvalue weighted by Gasteiger charge is -1.99. The van der Waals surface area contributed by atoms with Crippen molar-refractivity contribution < 1.29 is 8.78 Å². The van der Waals surface area contributed by atoms with Crippen LogP contribution in [0, 0.1) is 12.3 Å². The molecule has 8 heavy (non-hydrogen) atoms. The van der Waals surface area contributed by atoms with Crippen LogP contribution in [0.3, 0.4) is 0 Å². The minimum absolute atomic E-state index is 1.26. The first-order valence-corrected chi connectivity index (χ1v) is 1.92. The molecule has 0 aromatic rings. The van der Waals surface area contributed by atoms with Gasteiger partial charge in [0.15, 0.2) is 0 Å². The molecule has 0 N–H and O–H groups in total. The zero-order valence-corrected chi connectivity index (χ0v) is 3.81. The van der Waals surface area contributed by atoms with E-state index in [1.807, 2.05) is 0 Å². The predicted octanol–water partition coefficient (Wildman–Crippen LogP) is 1.05. The van der Waals surface area contributed by atoms with Crippen molar-refractivity contribution in [1.29, 1.82) is 0 Å². The second-order valence-electron chi connectivity index (χ2n) is 1.37. The van der Waals surface area contributed by atoms with Gasteiger partial charge in [-0.15, -0.1) is 6.42 Å². The van der Waals surface area contributed by atoms with Gasteiger partial charge in [0.1, 0.15) is 0 Å². The second-order valence-corrected chi connectivity index (χ2v) is 1.37. The van der Waals surface area contributed by atoms with E-state index >= 15 is 0 Å². The molecule has 0 aliphatic carbocycles. The third kappa shape index (κ3) is 0.668. The zero-order valence-electron chi connectivity index (χ0n) is 3.81. The smallest absolute Gasteiger partial charge is 0.187 e. The van der Waals surface area contributed by atoms with E-state index in [2.05, 4.69) is 16.7 Å². The van der Waals surface area contributed by atoms with Crippen LogP contribution in [0.25, 0.3) is 0 Å². The SMILES string of the molecule is C#CC(F)(F)C1N=N1. The summed E-state index contributed by atoms with van der Waals surface area (Å²) in [5.41, 5.74) is 0. The third-order valence-electron chi connectivity index (χ3n) is 0.748. The highest BCUT2D eigenvalue weighted by Crippen LogP contribution is 2.29. The first-order chi connectivity index (χ1) is 3.67. The van der Waals surface area contributed by atoms with Crippen molar-refractivity contribution >= 4 is 0 Å². The topological polar surface area (TPSA) is 24.7 Å². The Kier molecular flexibility index (Phi) is 0.806. The predicted molar refractivity (Wildman–Crippen MR) is 22.4 cm³/mol. The fourth-order valence-electron chi connectivity index (χ4n) is 0.253.